The van der Waals surface area contributed by atoms with Crippen molar-refractivity contribution in [2.45, 2.75) is 58.7 Å². The quantitative estimate of drug-likeness (QED) is 0.351. The Kier molecular flexibility index (Phi) is 10.6. The van der Waals surface area contributed by atoms with Crippen LogP contribution in [0.2, 0.25) is 0 Å². The van der Waals surface area contributed by atoms with E-state index in [0.29, 0.717) is 6.10 Å². The number of nitrogens with one attached hydrogen (secondary N) is 1. The average molecular weight is 500 g/mol. The Labute approximate surface area is 187 Å². The molecule has 2 aliphatic rings. The fourth-order valence-corrected chi connectivity index (χ4v) is 4.01. The van der Waals surface area contributed by atoms with Gasteiger partial charge in [0.1, 0.15) is 0 Å². The monoisotopic (exact) mass is 500 g/mol. The molecule has 0 atom stereocenters. The lowest BCUT2D eigenvalue weighted by Gasteiger charge is -2.34. The third-order valence-electron chi connectivity index (χ3n) is 5.52. The minimum Gasteiger partial charge on any atom is -0.378 e. The molecule has 1 N–H and O–H groups in total. The molecule has 0 unspecified atom stereocenters. The van der Waals surface area contributed by atoms with Gasteiger partial charge < -0.3 is 15.0 Å². The van der Waals surface area contributed by atoms with Crippen molar-refractivity contribution in [3.63, 3.8) is 0 Å². The van der Waals surface area contributed by atoms with Gasteiger partial charge in [-0.1, -0.05) is 24.3 Å². The highest BCUT2D eigenvalue weighted by molar-refractivity contribution is 14.0. The Balaban J connectivity index is 0.00000280. The van der Waals surface area contributed by atoms with Gasteiger partial charge in [0.05, 0.1) is 12.6 Å². The smallest absolute Gasteiger partial charge is 0.194 e. The lowest BCUT2D eigenvalue weighted by atomic mass is 10.1. The zero-order chi connectivity index (χ0) is 18.9. The molecule has 1 aromatic carbocycles. The van der Waals surface area contributed by atoms with E-state index in [1.165, 1.54) is 37.1 Å². The predicted octanol–water partition coefficient (Wildman–Crippen LogP) is 3.87. The molecule has 2 heterocycles. The molecule has 2 saturated heterocycles. The standard InChI is InChI=1S/C22H36N4O.HI/c1-3-23-22(26-15-11-21(12-16-26)27-4-2)24-17-19-7-9-20(10-8-19)18-25-13-5-6-14-25;/h7-10,21H,3-6,11-18H2,1-2H3,(H,23,24);1H. The Morgan fingerprint density at radius 1 is 1.04 bits per heavy atom. The van der Waals surface area contributed by atoms with Gasteiger partial charge in [-0.05, 0) is 63.7 Å². The summed E-state index contributed by atoms with van der Waals surface area (Å²) in [4.78, 5) is 9.81. The third-order valence-corrected chi connectivity index (χ3v) is 5.52. The van der Waals surface area contributed by atoms with Gasteiger partial charge in [0, 0.05) is 32.8 Å². The zero-order valence-corrected chi connectivity index (χ0v) is 19.9. The van der Waals surface area contributed by atoms with Crippen LogP contribution in [-0.4, -0.2) is 61.2 Å². The lowest BCUT2D eigenvalue weighted by Crippen LogP contribution is -2.47. The molecule has 2 aliphatic heterocycles. The van der Waals surface area contributed by atoms with Crippen LogP contribution in [0.15, 0.2) is 29.3 Å². The largest absolute Gasteiger partial charge is 0.378 e. The van der Waals surface area contributed by atoms with Crippen molar-refractivity contribution < 1.29 is 4.74 Å². The van der Waals surface area contributed by atoms with Crippen LogP contribution >= 0.6 is 24.0 Å². The van der Waals surface area contributed by atoms with E-state index < -0.39 is 0 Å². The molecular weight excluding hydrogens is 463 g/mol. The molecule has 1 aromatic rings. The summed E-state index contributed by atoms with van der Waals surface area (Å²) in [5, 5.41) is 3.46. The summed E-state index contributed by atoms with van der Waals surface area (Å²) in [5.41, 5.74) is 2.69. The molecule has 0 saturated carbocycles. The van der Waals surface area contributed by atoms with Crippen LogP contribution < -0.4 is 5.32 Å². The second-order valence-electron chi connectivity index (χ2n) is 7.61. The molecule has 0 aromatic heterocycles. The second kappa shape index (κ2) is 12.6. The van der Waals surface area contributed by atoms with E-state index in [1.807, 2.05) is 0 Å². The molecule has 158 valence electrons. The summed E-state index contributed by atoms with van der Waals surface area (Å²) in [6.07, 6.45) is 5.29. The van der Waals surface area contributed by atoms with Crippen LogP contribution in [0.3, 0.4) is 0 Å². The number of likely N-dealkylation sites (tertiary alicyclic amines) is 2. The van der Waals surface area contributed by atoms with Gasteiger partial charge in [-0.15, -0.1) is 24.0 Å². The van der Waals surface area contributed by atoms with Gasteiger partial charge in [0.25, 0.3) is 0 Å². The second-order valence-corrected chi connectivity index (χ2v) is 7.61. The third kappa shape index (κ3) is 7.19. The van der Waals surface area contributed by atoms with E-state index in [1.54, 1.807) is 0 Å². The molecule has 0 spiro atoms. The van der Waals surface area contributed by atoms with Crippen molar-refractivity contribution in [2.24, 2.45) is 4.99 Å². The number of rotatable bonds is 7. The SMILES string of the molecule is CCNC(=NCc1ccc(CN2CCCC2)cc1)N1CCC(OCC)CC1.I. The highest BCUT2D eigenvalue weighted by Gasteiger charge is 2.21. The first-order valence-electron chi connectivity index (χ1n) is 10.7. The molecule has 6 heteroatoms. The van der Waals surface area contributed by atoms with E-state index >= 15 is 0 Å². The molecule has 0 bridgehead atoms. The van der Waals surface area contributed by atoms with Crippen LogP contribution in [0.25, 0.3) is 0 Å². The number of guanidine groups is 1. The van der Waals surface area contributed by atoms with E-state index in [9.17, 15) is 0 Å². The van der Waals surface area contributed by atoms with Gasteiger partial charge in [-0.3, -0.25) is 4.90 Å². The topological polar surface area (TPSA) is 40.1 Å². The molecular formula is C22H37IN4O. The van der Waals surface area contributed by atoms with Gasteiger partial charge >= 0.3 is 0 Å². The minimum atomic E-state index is 0. The van der Waals surface area contributed by atoms with Crippen LogP contribution in [0.1, 0.15) is 50.7 Å². The minimum absolute atomic E-state index is 0. The Bertz CT molecular complexity index is 579. The highest BCUT2D eigenvalue weighted by atomic mass is 127. The number of nitrogens with zero attached hydrogens (tertiary/aromatic N) is 3. The first kappa shape index (κ1) is 23.4. The normalized spacial score (nSPS) is 18.9. The molecule has 2 fully saturated rings. The Hall–Kier alpha value is -0.860. The average Bonchev–Trinajstić information content (AvgIpc) is 3.20. The maximum Gasteiger partial charge on any atom is 0.194 e. The van der Waals surface area contributed by atoms with E-state index in [4.69, 9.17) is 9.73 Å². The van der Waals surface area contributed by atoms with Gasteiger partial charge in [0.2, 0.25) is 0 Å². The summed E-state index contributed by atoms with van der Waals surface area (Å²) in [6, 6.07) is 9.01. The maximum atomic E-state index is 5.77. The highest BCUT2D eigenvalue weighted by Crippen LogP contribution is 2.15. The number of hydrogen-bond acceptors (Lipinski definition) is 3. The lowest BCUT2D eigenvalue weighted by molar-refractivity contribution is 0.0263. The molecule has 0 amide bonds. The zero-order valence-electron chi connectivity index (χ0n) is 17.5. The summed E-state index contributed by atoms with van der Waals surface area (Å²) < 4.78 is 5.77. The summed E-state index contributed by atoms with van der Waals surface area (Å²) in [6.45, 7) is 12.3. The Morgan fingerprint density at radius 2 is 1.68 bits per heavy atom. The fourth-order valence-electron chi connectivity index (χ4n) is 4.01. The molecule has 28 heavy (non-hydrogen) atoms. The van der Waals surface area contributed by atoms with Crippen molar-refractivity contribution in [2.75, 3.05) is 39.3 Å². The van der Waals surface area contributed by atoms with E-state index in [0.717, 1.165) is 58.1 Å². The number of piperidine rings is 1. The Morgan fingerprint density at radius 3 is 2.29 bits per heavy atom. The summed E-state index contributed by atoms with van der Waals surface area (Å²) in [5.74, 6) is 1.04. The number of aliphatic imine (C=N–C) groups is 1. The summed E-state index contributed by atoms with van der Waals surface area (Å²) >= 11 is 0. The van der Waals surface area contributed by atoms with E-state index in [2.05, 4.69) is 53.2 Å². The van der Waals surface area contributed by atoms with Gasteiger partial charge in [0.15, 0.2) is 5.96 Å². The predicted molar refractivity (Wildman–Crippen MR) is 127 cm³/mol. The number of halogens is 1. The molecule has 5 nitrogen and oxygen atoms in total. The molecule has 0 radical (unpaired) electrons. The number of ether oxygens (including phenoxy) is 1. The van der Waals surface area contributed by atoms with Gasteiger partial charge in [-0.2, -0.15) is 0 Å². The fraction of sp³-hybridized carbons (Fsp3) is 0.682. The van der Waals surface area contributed by atoms with Gasteiger partial charge in [-0.25, -0.2) is 4.99 Å². The number of hydrogen-bond donors (Lipinski definition) is 1. The van der Waals surface area contributed by atoms with Crippen molar-refractivity contribution in [3.05, 3.63) is 35.4 Å². The van der Waals surface area contributed by atoms with Crippen molar-refractivity contribution in [3.8, 4) is 0 Å². The summed E-state index contributed by atoms with van der Waals surface area (Å²) in [7, 11) is 0. The van der Waals surface area contributed by atoms with Crippen LogP contribution in [0.4, 0.5) is 0 Å². The van der Waals surface area contributed by atoms with Crippen molar-refractivity contribution >= 4 is 29.9 Å². The van der Waals surface area contributed by atoms with Crippen LogP contribution in [-0.2, 0) is 17.8 Å². The molecule has 3 rings (SSSR count). The van der Waals surface area contributed by atoms with Crippen LogP contribution in [0.5, 0.6) is 0 Å². The number of benzene rings is 1. The van der Waals surface area contributed by atoms with Crippen molar-refractivity contribution in [1.29, 1.82) is 0 Å². The molecule has 0 aliphatic carbocycles. The maximum absolute atomic E-state index is 5.77. The first-order chi connectivity index (χ1) is 13.3. The van der Waals surface area contributed by atoms with Crippen LogP contribution in [0, 0.1) is 0 Å². The van der Waals surface area contributed by atoms with E-state index in [-0.39, 0.29) is 24.0 Å². The first-order valence-corrected chi connectivity index (χ1v) is 10.7. The van der Waals surface area contributed by atoms with Crippen molar-refractivity contribution in [1.82, 2.24) is 15.1 Å².